The molecule has 90 valence electrons. The normalized spacial score (nSPS) is 27.2. The molecule has 1 saturated carbocycles. The molecule has 15 heavy (non-hydrogen) atoms. The van der Waals surface area contributed by atoms with Crippen LogP contribution in [0.3, 0.4) is 0 Å². The van der Waals surface area contributed by atoms with Crippen molar-refractivity contribution in [2.24, 2.45) is 5.92 Å². The molecule has 2 N–H and O–H groups in total. The van der Waals surface area contributed by atoms with Crippen LogP contribution in [0.15, 0.2) is 0 Å². The molecule has 2 heteroatoms. The van der Waals surface area contributed by atoms with Gasteiger partial charge >= 0.3 is 0 Å². The van der Waals surface area contributed by atoms with Crippen LogP contribution in [0.5, 0.6) is 0 Å². The van der Waals surface area contributed by atoms with Crippen LogP contribution in [0, 0.1) is 5.92 Å². The zero-order valence-electron chi connectivity index (χ0n) is 10.6. The second kappa shape index (κ2) is 5.86. The van der Waals surface area contributed by atoms with Gasteiger partial charge < -0.3 is 10.4 Å². The first-order valence-electron chi connectivity index (χ1n) is 6.59. The van der Waals surface area contributed by atoms with E-state index >= 15 is 0 Å². The van der Waals surface area contributed by atoms with Gasteiger partial charge in [0.2, 0.25) is 0 Å². The summed E-state index contributed by atoms with van der Waals surface area (Å²) in [4.78, 5) is 0. The van der Waals surface area contributed by atoms with Crippen LogP contribution >= 0.6 is 0 Å². The van der Waals surface area contributed by atoms with E-state index in [1.807, 2.05) is 0 Å². The summed E-state index contributed by atoms with van der Waals surface area (Å²) in [5.41, 5.74) is -0.482. The predicted molar refractivity (Wildman–Crippen MR) is 65.0 cm³/mol. The van der Waals surface area contributed by atoms with Gasteiger partial charge in [-0.3, -0.25) is 0 Å². The van der Waals surface area contributed by atoms with E-state index in [1.54, 1.807) is 0 Å². The topological polar surface area (TPSA) is 32.3 Å². The Kier molecular flexibility index (Phi) is 5.07. The third-order valence-corrected chi connectivity index (χ3v) is 4.15. The largest absolute Gasteiger partial charge is 0.389 e. The molecular weight excluding hydrogens is 186 g/mol. The Balaban J connectivity index is 2.25. The number of aliphatic hydroxyl groups is 1. The summed E-state index contributed by atoms with van der Waals surface area (Å²) < 4.78 is 0. The molecule has 0 aromatic heterocycles. The van der Waals surface area contributed by atoms with Crippen LogP contribution in [-0.2, 0) is 0 Å². The lowest BCUT2D eigenvalue weighted by molar-refractivity contribution is 0.0299. The zero-order chi connectivity index (χ0) is 11.3. The monoisotopic (exact) mass is 213 g/mol. The van der Waals surface area contributed by atoms with Gasteiger partial charge in [-0.2, -0.15) is 0 Å². The highest BCUT2D eigenvalue weighted by molar-refractivity contribution is 4.84. The Morgan fingerprint density at radius 1 is 1.20 bits per heavy atom. The van der Waals surface area contributed by atoms with Crippen molar-refractivity contribution in [3.63, 3.8) is 0 Å². The van der Waals surface area contributed by atoms with E-state index in [4.69, 9.17) is 0 Å². The quantitative estimate of drug-likeness (QED) is 0.711. The summed E-state index contributed by atoms with van der Waals surface area (Å²) in [5.74, 6) is 0.916. The standard InChI is InChI=1S/C13H27NO/c1-4-11-7-8-12(9-11)14-10-13(15,5-2)6-3/h11-12,14-15H,4-10H2,1-3H3. The minimum atomic E-state index is -0.482. The van der Waals surface area contributed by atoms with Gasteiger partial charge in [-0.25, -0.2) is 0 Å². The lowest BCUT2D eigenvalue weighted by atomic mass is 9.97. The Bertz CT molecular complexity index is 177. The highest BCUT2D eigenvalue weighted by Crippen LogP contribution is 2.28. The van der Waals surface area contributed by atoms with E-state index in [2.05, 4.69) is 26.1 Å². The summed E-state index contributed by atoms with van der Waals surface area (Å²) in [5, 5.41) is 13.7. The van der Waals surface area contributed by atoms with E-state index < -0.39 is 5.60 Å². The average molecular weight is 213 g/mol. The Hall–Kier alpha value is -0.0800. The Morgan fingerprint density at radius 3 is 2.33 bits per heavy atom. The highest BCUT2D eigenvalue weighted by Gasteiger charge is 2.27. The predicted octanol–water partition coefficient (Wildman–Crippen LogP) is 2.71. The van der Waals surface area contributed by atoms with Gasteiger partial charge in [0.25, 0.3) is 0 Å². The van der Waals surface area contributed by atoms with Crippen molar-refractivity contribution in [2.45, 2.75) is 70.9 Å². The molecule has 0 heterocycles. The first-order chi connectivity index (χ1) is 7.13. The molecule has 2 atom stereocenters. The van der Waals surface area contributed by atoms with Crippen molar-refractivity contribution in [1.82, 2.24) is 5.32 Å². The van der Waals surface area contributed by atoms with Gasteiger partial charge in [0.05, 0.1) is 5.60 Å². The second-order valence-corrected chi connectivity index (χ2v) is 5.10. The fraction of sp³-hybridized carbons (Fsp3) is 1.00. The minimum absolute atomic E-state index is 0.482. The lowest BCUT2D eigenvalue weighted by Gasteiger charge is -2.27. The van der Waals surface area contributed by atoms with Crippen LogP contribution < -0.4 is 5.32 Å². The van der Waals surface area contributed by atoms with Gasteiger partial charge in [-0.15, -0.1) is 0 Å². The molecule has 2 nitrogen and oxygen atoms in total. The van der Waals surface area contributed by atoms with E-state index in [1.165, 1.54) is 25.7 Å². The average Bonchev–Trinajstić information content (AvgIpc) is 2.74. The fourth-order valence-electron chi connectivity index (χ4n) is 2.47. The van der Waals surface area contributed by atoms with Gasteiger partial charge in [0.15, 0.2) is 0 Å². The smallest absolute Gasteiger partial charge is 0.0766 e. The maximum atomic E-state index is 10.1. The lowest BCUT2D eigenvalue weighted by Crippen LogP contribution is -2.43. The van der Waals surface area contributed by atoms with Gasteiger partial charge in [-0.1, -0.05) is 27.2 Å². The van der Waals surface area contributed by atoms with Crippen molar-refractivity contribution >= 4 is 0 Å². The Labute approximate surface area is 94.5 Å². The van der Waals surface area contributed by atoms with E-state index in [0.29, 0.717) is 6.04 Å². The molecule has 0 amide bonds. The number of nitrogens with one attached hydrogen (secondary N) is 1. The maximum absolute atomic E-state index is 10.1. The molecule has 0 aliphatic heterocycles. The van der Waals surface area contributed by atoms with Crippen LogP contribution in [-0.4, -0.2) is 23.3 Å². The number of hydrogen-bond acceptors (Lipinski definition) is 2. The molecule has 1 fully saturated rings. The molecule has 0 saturated heterocycles. The summed E-state index contributed by atoms with van der Waals surface area (Å²) in [7, 11) is 0. The third-order valence-electron chi connectivity index (χ3n) is 4.15. The molecule has 1 rings (SSSR count). The third kappa shape index (κ3) is 3.76. The second-order valence-electron chi connectivity index (χ2n) is 5.10. The fourth-order valence-corrected chi connectivity index (χ4v) is 2.47. The SMILES string of the molecule is CCC1CCC(NCC(O)(CC)CC)C1. The van der Waals surface area contributed by atoms with Crippen LogP contribution in [0.1, 0.15) is 59.3 Å². The number of hydrogen-bond donors (Lipinski definition) is 2. The molecular formula is C13H27NO. The minimum Gasteiger partial charge on any atom is -0.389 e. The summed E-state index contributed by atoms with van der Waals surface area (Å²) in [6.07, 6.45) is 6.97. The molecule has 1 aliphatic rings. The molecule has 2 unspecified atom stereocenters. The maximum Gasteiger partial charge on any atom is 0.0766 e. The molecule has 0 aromatic rings. The van der Waals surface area contributed by atoms with Gasteiger partial charge in [-0.05, 0) is 38.0 Å². The van der Waals surface area contributed by atoms with Crippen molar-refractivity contribution in [3.05, 3.63) is 0 Å². The Morgan fingerprint density at radius 2 is 1.87 bits per heavy atom. The summed E-state index contributed by atoms with van der Waals surface area (Å²) in [6.45, 7) is 7.17. The first-order valence-corrected chi connectivity index (χ1v) is 6.59. The van der Waals surface area contributed by atoms with Gasteiger partial charge in [0, 0.05) is 12.6 Å². The summed E-state index contributed by atoms with van der Waals surface area (Å²) >= 11 is 0. The summed E-state index contributed by atoms with van der Waals surface area (Å²) in [6, 6.07) is 0.652. The van der Waals surface area contributed by atoms with Crippen LogP contribution in [0.2, 0.25) is 0 Å². The first kappa shape index (κ1) is 13.0. The highest BCUT2D eigenvalue weighted by atomic mass is 16.3. The van der Waals surface area contributed by atoms with Crippen molar-refractivity contribution in [2.75, 3.05) is 6.54 Å². The molecule has 0 aromatic carbocycles. The molecule has 0 bridgehead atoms. The van der Waals surface area contributed by atoms with Crippen molar-refractivity contribution in [1.29, 1.82) is 0 Å². The molecule has 0 spiro atoms. The van der Waals surface area contributed by atoms with Gasteiger partial charge in [0.1, 0.15) is 0 Å². The van der Waals surface area contributed by atoms with Crippen molar-refractivity contribution in [3.8, 4) is 0 Å². The van der Waals surface area contributed by atoms with Crippen LogP contribution in [0.25, 0.3) is 0 Å². The zero-order valence-corrected chi connectivity index (χ0v) is 10.6. The molecule has 1 aliphatic carbocycles. The van der Waals surface area contributed by atoms with Crippen LogP contribution in [0.4, 0.5) is 0 Å². The van der Waals surface area contributed by atoms with E-state index in [0.717, 1.165) is 25.3 Å². The van der Waals surface area contributed by atoms with E-state index in [9.17, 15) is 5.11 Å². The molecule has 0 radical (unpaired) electrons. The van der Waals surface area contributed by atoms with E-state index in [-0.39, 0.29) is 0 Å². The van der Waals surface area contributed by atoms with Crippen molar-refractivity contribution < 1.29 is 5.11 Å². The number of rotatable bonds is 6.